The number of hydrogen-bond donors (Lipinski definition) is 2. The molecule has 21 heavy (non-hydrogen) atoms. The predicted molar refractivity (Wildman–Crippen MR) is 79.9 cm³/mol. The van der Waals surface area contributed by atoms with Crippen molar-refractivity contribution in [2.24, 2.45) is 0 Å². The molecule has 1 aromatic rings. The lowest BCUT2D eigenvalue weighted by Gasteiger charge is -2.27. The van der Waals surface area contributed by atoms with E-state index in [-0.39, 0.29) is 18.3 Å². The van der Waals surface area contributed by atoms with Gasteiger partial charge in [-0.05, 0) is 34.2 Å². The Morgan fingerprint density at radius 3 is 2.57 bits per heavy atom. The summed E-state index contributed by atoms with van der Waals surface area (Å²) in [6.07, 6.45) is 0. The van der Waals surface area contributed by atoms with Gasteiger partial charge in [0.2, 0.25) is 11.8 Å². The Kier molecular flexibility index (Phi) is 5.53. The summed E-state index contributed by atoms with van der Waals surface area (Å²) in [5.41, 5.74) is 0.217. The Morgan fingerprint density at radius 1 is 1.48 bits per heavy atom. The van der Waals surface area contributed by atoms with Crippen molar-refractivity contribution in [3.05, 3.63) is 16.9 Å². The van der Waals surface area contributed by atoms with Crippen molar-refractivity contribution < 1.29 is 14.3 Å². The number of nitriles is 1. The van der Waals surface area contributed by atoms with Gasteiger partial charge < -0.3 is 9.52 Å². The van der Waals surface area contributed by atoms with Crippen molar-refractivity contribution in [3.8, 4) is 6.07 Å². The number of nitrogens with zero attached hydrogens (tertiary/aromatic N) is 2. The van der Waals surface area contributed by atoms with Crippen molar-refractivity contribution in [1.82, 2.24) is 4.90 Å². The average Bonchev–Trinajstić information content (AvgIpc) is 2.61. The molecular formula is C15H23N3O3. The third kappa shape index (κ3) is 4.88. The van der Waals surface area contributed by atoms with Crippen LogP contribution in [0.4, 0.5) is 5.88 Å². The number of furan rings is 1. The smallest absolute Gasteiger partial charge is 0.240 e. The van der Waals surface area contributed by atoms with E-state index in [9.17, 15) is 9.90 Å². The molecule has 1 heterocycles. The summed E-state index contributed by atoms with van der Waals surface area (Å²) in [5.74, 6) is 0.536. The quantitative estimate of drug-likeness (QED) is 0.834. The molecule has 0 aliphatic carbocycles. The molecule has 0 fully saturated rings. The van der Waals surface area contributed by atoms with E-state index < -0.39 is 5.60 Å². The van der Waals surface area contributed by atoms with Gasteiger partial charge in [-0.3, -0.25) is 15.0 Å². The second-order valence-corrected chi connectivity index (χ2v) is 5.76. The fraction of sp³-hybridized carbons (Fsp3) is 0.600. The fourth-order valence-electron chi connectivity index (χ4n) is 2.05. The van der Waals surface area contributed by atoms with Gasteiger partial charge in [0.15, 0.2) is 0 Å². The van der Waals surface area contributed by atoms with Crippen LogP contribution < -0.4 is 5.32 Å². The molecule has 1 aromatic heterocycles. The molecule has 0 saturated carbocycles. The largest absolute Gasteiger partial charge is 0.444 e. The van der Waals surface area contributed by atoms with E-state index in [1.165, 1.54) is 0 Å². The van der Waals surface area contributed by atoms with Crippen molar-refractivity contribution in [1.29, 1.82) is 5.26 Å². The maximum atomic E-state index is 12.1. The maximum Gasteiger partial charge on any atom is 0.240 e. The Labute approximate surface area is 125 Å². The highest BCUT2D eigenvalue weighted by molar-refractivity contribution is 5.92. The number of carbonyl (C=O) groups is 1. The number of nitrogens with one attached hydrogen (secondary N) is 1. The summed E-state index contributed by atoms with van der Waals surface area (Å²) in [6, 6.07) is 2.03. The van der Waals surface area contributed by atoms with Crippen LogP contribution in [0.5, 0.6) is 0 Å². The summed E-state index contributed by atoms with van der Waals surface area (Å²) >= 11 is 0. The van der Waals surface area contributed by atoms with Gasteiger partial charge in [0.1, 0.15) is 17.4 Å². The van der Waals surface area contributed by atoms with Crippen LogP contribution >= 0.6 is 0 Å². The summed E-state index contributed by atoms with van der Waals surface area (Å²) in [5, 5.41) is 21.5. The summed E-state index contributed by atoms with van der Waals surface area (Å²) in [6.45, 7) is 9.99. The first kappa shape index (κ1) is 17.2. The third-order valence-corrected chi connectivity index (χ3v) is 3.18. The molecule has 0 unspecified atom stereocenters. The van der Waals surface area contributed by atoms with Gasteiger partial charge in [-0.25, -0.2) is 0 Å². The molecule has 0 atom stereocenters. The van der Waals surface area contributed by atoms with Crippen LogP contribution in [0.15, 0.2) is 4.42 Å². The zero-order valence-corrected chi connectivity index (χ0v) is 13.3. The highest BCUT2D eigenvalue weighted by atomic mass is 16.4. The van der Waals surface area contributed by atoms with Gasteiger partial charge in [-0.1, -0.05) is 6.92 Å². The number of likely N-dealkylation sites (N-methyl/N-ethyl adjacent to an activating group) is 1. The van der Waals surface area contributed by atoms with Crippen LogP contribution in [-0.4, -0.2) is 41.1 Å². The minimum atomic E-state index is -0.869. The number of rotatable bonds is 6. The number of aryl methyl sites for hydroxylation is 1. The number of hydrogen-bond acceptors (Lipinski definition) is 5. The third-order valence-electron chi connectivity index (χ3n) is 3.18. The second-order valence-electron chi connectivity index (χ2n) is 5.76. The van der Waals surface area contributed by atoms with E-state index in [0.29, 0.717) is 24.4 Å². The first-order valence-electron chi connectivity index (χ1n) is 6.92. The predicted octanol–water partition coefficient (Wildman–Crippen LogP) is 1.80. The highest BCUT2D eigenvalue weighted by Gasteiger charge is 2.21. The van der Waals surface area contributed by atoms with Crippen LogP contribution in [-0.2, 0) is 4.79 Å². The Bertz CT molecular complexity index is 550. The van der Waals surface area contributed by atoms with Crippen LogP contribution in [0.2, 0.25) is 0 Å². The first-order chi connectivity index (χ1) is 9.67. The second kappa shape index (κ2) is 6.74. The number of carbonyl (C=O) groups excluding carboxylic acids is 1. The SMILES string of the molecule is CCN(CC(=O)Nc1oc(C)c(C)c1C#N)CC(C)(C)O. The van der Waals surface area contributed by atoms with Crippen molar-refractivity contribution in [3.63, 3.8) is 0 Å². The monoisotopic (exact) mass is 293 g/mol. The molecule has 0 aromatic carbocycles. The lowest BCUT2D eigenvalue weighted by molar-refractivity contribution is -0.118. The van der Waals surface area contributed by atoms with Gasteiger partial charge in [-0.2, -0.15) is 5.26 Å². The summed E-state index contributed by atoms with van der Waals surface area (Å²) in [4.78, 5) is 13.9. The van der Waals surface area contributed by atoms with Gasteiger partial charge in [0.05, 0.1) is 12.1 Å². The van der Waals surface area contributed by atoms with Gasteiger partial charge in [0, 0.05) is 12.1 Å². The lowest BCUT2D eigenvalue weighted by atomic mass is 10.1. The van der Waals surface area contributed by atoms with E-state index >= 15 is 0 Å². The van der Waals surface area contributed by atoms with Gasteiger partial charge in [-0.15, -0.1) is 0 Å². The fourth-order valence-corrected chi connectivity index (χ4v) is 2.05. The van der Waals surface area contributed by atoms with Crippen LogP contribution in [0.3, 0.4) is 0 Å². The lowest BCUT2D eigenvalue weighted by Crippen LogP contribution is -2.42. The van der Waals surface area contributed by atoms with E-state index in [4.69, 9.17) is 9.68 Å². The van der Waals surface area contributed by atoms with Crippen LogP contribution in [0.1, 0.15) is 37.7 Å². The normalized spacial score (nSPS) is 11.5. The molecule has 0 aliphatic rings. The van der Waals surface area contributed by atoms with Gasteiger partial charge in [0.25, 0.3) is 0 Å². The molecule has 6 nitrogen and oxygen atoms in total. The van der Waals surface area contributed by atoms with E-state index in [1.807, 2.05) is 17.9 Å². The summed E-state index contributed by atoms with van der Waals surface area (Å²) < 4.78 is 5.40. The molecule has 0 bridgehead atoms. The minimum absolute atomic E-state index is 0.129. The van der Waals surface area contributed by atoms with Crippen molar-refractivity contribution in [2.75, 3.05) is 25.0 Å². The number of anilines is 1. The van der Waals surface area contributed by atoms with Crippen molar-refractivity contribution in [2.45, 2.75) is 40.2 Å². The zero-order valence-electron chi connectivity index (χ0n) is 13.3. The Hall–Kier alpha value is -1.84. The molecular weight excluding hydrogens is 270 g/mol. The molecule has 0 radical (unpaired) electrons. The Morgan fingerprint density at radius 2 is 2.10 bits per heavy atom. The molecule has 2 N–H and O–H groups in total. The maximum absolute atomic E-state index is 12.1. The van der Waals surface area contributed by atoms with Crippen LogP contribution in [0.25, 0.3) is 0 Å². The van der Waals surface area contributed by atoms with E-state index in [1.54, 1.807) is 27.7 Å². The van der Waals surface area contributed by atoms with E-state index in [2.05, 4.69) is 5.32 Å². The number of aliphatic hydroxyl groups is 1. The first-order valence-corrected chi connectivity index (χ1v) is 6.92. The molecule has 1 rings (SSSR count). The average molecular weight is 293 g/mol. The zero-order chi connectivity index (χ0) is 16.2. The molecule has 0 aliphatic heterocycles. The van der Waals surface area contributed by atoms with Crippen LogP contribution in [0, 0.1) is 25.2 Å². The van der Waals surface area contributed by atoms with Crippen molar-refractivity contribution >= 4 is 11.8 Å². The Balaban J connectivity index is 2.74. The van der Waals surface area contributed by atoms with E-state index in [0.717, 1.165) is 5.56 Å². The summed E-state index contributed by atoms with van der Waals surface area (Å²) in [7, 11) is 0. The highest BCUT2D eigenvalue weighted by Crippen LogP contribution is 2.25. The minimum Gasteiger partial charge on any atom is -0.444 e. The standard InChI is InChI=1S/C15H23N3O3/c1-6-18(9-15(4,5)20)8-13(19)17-14-12(7-16)10(2)11(3)21-14/h20H,6,8-9H2,1-5H3,(H,17,19). The number of amides is 1. The van der Waals surface area contributed by atoms with Gasteiger partial charge >= 0.3 is 0 Å². The molecule has 0 saturated heterocycles. The molecule has 6 heteroatoms. The topological polar surface area (TPSA) is 89.5 Å². The molecule has 116 valence electrons. The molecule has 0 spiro atoms. The molecule has 1 amide bonds.